The first-order valence-corrected chi connectivity index (χ1v) is 8.82. The average Bonchev–Trinajstić information content (AvgIpc) is 2.51. The van der Waals surface area contributed by atoms with Crippen LogP contribution in [0.4, 0.5) is 0 Å². The summed E-state index contributed by atoms with van der Waals surface area (Å²) in [7, 11) is 1.58. The largest absolute Gasteiger partial charge is 0.493 e. The molecule has 0 atom stereocenters. The first-order valence-electron chi connectivity index (χ1n) is 7.84. The van der Waals surface area contributed by atoms with Crippen LogP contribution >= 0.6 is 11.8 Å². The van der Waals surface area contributed by atoms with Gasteiger partial charge in [0.2, 0.25) is 0 Å². The number of methoxy groups -OCH3 is 1. The van der Waals surface area contributed by atoms with Crippen molar-refractivity contribution >= 4 is 11.8 Å². The molecule has 0 saturated heterocycles. The second-order valence-corrected chi connectivity index (χ2v) is 7.53. The van der Waals surface area contributed by atoms with Gasteiger partial charge in [0.25, 0.3) is 5.56 Å². The highest BCUT2D eigenvalue weighted by molar-refractivity contribution is 7.99. The maximum atomic E-state index is 11.6. The van der Waals surface area contributed by atoms with Gasteiger partial charge >= 0.3 is 0 Å². The number of benzene rings is 1. The summed E-state index contributed by atoms with van der Waals surface area (Å²) in [6, 6.07) is 9.61. The Balaban J connectivity index is 1.84. The van der Waals surface area contributed by atoms with Crippen LogP contribution in [0, 0.1) is 0 Å². The van der Waals surface area contributed by atoms with Gasteiger partial charge in [0.05, 0.1) is 18.9 Å². The van der Waals surface area contributed by atoms with E-state index < -0.39 is 0 Å². The summed E-state index contributed by atoms with van der Waals surface area (Å²) in [4.78, 5) is 18.6. The predicted octanol–water partition coefficient (Wildman–Crippen LogP) is 3.38. The van der Waals surface area contributed by atoms with Gasteiger partial charge in [-0.05, 0) is 23.1 Å². The van der Waals surface area contributed by atoms with Gasteiger partial charge in [0.1, 0.15) is 5.75 Å². The Labute approximate surface area is 146 Å². The van der Waals surface area contributed by atoms with Gasteiger partial charge in [0.15, 0.2) is 5.16 Å². The van der Waals surface area contributed by atoms with Crippen molar-refractivity contribution in [2.24, 2.45) is 0 Å². The maximum Gasteiger partial charge on any atom is 0.251 e. The van der Waals surface area contributed by atoms with Crippen molar-refractivity contribution < 1.29 is 9.47 Å². The molecule has 0 unspecified atom stereocenters. The van der Waals surface area contributed by atoms with Crippen molar-refractivity contribution in [2.45, 2.75) is 37.9 Å². The molecule has 0 bridgehead atoms. The van der Waals surface area contributed by atoms with E-state index in [9.17, 15) is 4.79 Å². The SMILES string of the molecule is COCc1cc(=O)[nH]c(SCCOc2ccc(C(C)(C)C)cc2)n1. The molecule has 0 spiro atoms. The Kier molecular flexibility index (Phi) is 6.45. The summed E-state index contributed by atoms with van der Waals surface area (Å²) >= 11 is 1.45. The van der Waals surface area contributed by atoms with Crippen molar-refractivity contribution in [1.29, 1.82) is 0 Å². The first-order chi connectivity index (χ1) is 11.4. The van der Waals surface area contributed by atoms with Crippen molar-refractivity contribution in [3.63, 3.8) is 0 Å². The fourth-order valence-electron chi connectivity index (χ4n) is 2.12. The molecule has 130 valence electrons. The minimum Gasteiger partial charge on any atom is -0.493 e. The zero-order valence-corrected chi connectivity index (χ0v) is 15.4. The number of nitrogens with zero attached hydrogens (tertiary/aromatic N) is 1. The quantitative estimate of drug-likeness (QED) is 0.472. The summed E-state index contributed by atoms with van der Waals surface area (Å²) in [6.45, 7) is 7.42. The van der Waals surface area contributed by atoms with E-state index >= 15 is 0 Å². The second-order valence-electron chi connectivity index (χ2n) is 6.45. The van der Waals surface area contributed by atoms with E-state index in [1.807, 2.05) is 12.1 Å². The number of H-pyrrole nitrogens is 1. The van der Waals surface area contributed by atoms with Gasteiger partial charge in [-0.1, -0.05) is 44.7 Å². The van der Waals surface area contributed by atoms with Crippen LogP contribution in [0.1, 0.15) is 32.0 Å². The lowest BCUT2D eigenvalue weighted by Crippen LogP contribution is -2.11. The van der Waals surface area contributed by atoms with Gasteiger partial charge in [-0.3, -0.25) is 4.79 Å². The molecule has 0 fully saturated rings. The Morgan fingerprint density at radius 2 is 1.92 bits per heavy atom. The summed E-state index contributed by atoms with van der Waals surface area (Å²) in [5.41, 5.74) is 1.88. The third-order valence-electron chi connectivity index (χ3n) is 3.38. The maximum absolute atomic E-state index is 11.6. The molecule has 0 radical (unpaired) electrons. The normalized spacial score (nSPS) is 11.5. The van der Waals surface area contributed by atoms with E-state index in [1.165, 1.54) is 23.4 Å². The van der Waals surface area contributed by atoms with E-state index in [2.05, 4.69) is 42.9 Å². The highest BCUT2D eigenvalue weighted by Crippen LogP contribution is 2.24. The van der Waals surface area contributed by atoms with Gasteiger partial charge in [-0.25, -0.2) is 4.98 Å². The molecular weight excluding hydrogens is 324 g/mol. The molecule has 0 amide bonds. The zero-order valence-electron chi connectivity index (χ0n) is 14.6. The van der Waals surface area contributed by atoms with Gasteiger partial charge < -0.3 is 14.5 Å². The van der Waals surface area contributed by atoms with Crippen molar-refractivity contribution in [2.75, 3.05) is 19.5 Å². The van der Waals surface area contributed by atoms with Gasteiger partial charge in [0, 0.05) is 18.9 Å². The van der Waals surface area contributed by atoms with Gasteiger partial charge in [-0.15, -0.1) is 0 Å². The van der Waals surface area contributed by atoms with Crippen LogP contribution in [0.2, 0.25) is 0 Å². The van der Waals surface area contributed by atoms with E-state index in [1.54, 1.807) is 7.11 Å². The van der Waals surface area contributed by atoms with E-state index in [0.717, 1.165) is 5.75 Å². The van der Waals surface area contributed by atoms with Crippen molar-refractivity contribution in [3.05, 3.63) is 51.9 Å². The highest BCUT2D eigenvalue weighted by Gasteiger charge is 2.12. The summed E-state index contributed by atoms with van der Waals surface area (Å²) in [5.74, 6) is 1.54. The van der Waals surface area contributed by atoms with Crippen molar-refractivity contribution in [1.82, 2.24) is 9.97 Å². The summed E-state index contributed by atoms with van der Waals surface area (Å²) < 4.78 is 10.7. The third-order valence-corrected chi connectivity index (χ3v) is 4.21. The monoisotopic (exact) mass is 348 g/mol. The molecule has 0 aliphatic heterocycles. The smallest absolute Gasteiger partial charge is 0.251 e. The zero-order chi connectivity index (χ0) is 17.6. The number of thioether (sulfide) groups is 1. The summed E-state index contributed by atoms with van der Waals surface area (Å²) in [6.07, 6.45) is 0. The standard InChI is InChI=1S/C18H24N2O3S/c1-18(2,3)13-5-7-15(8-6-13)23-9-10-24-17-19-14(12-22-4)11-16(21)20-17/h5-8,11H,9-10,12H2,1-4H3,(H,19,20,21). The molecule has 0 aliphatic rings. The average molecular weight is 348 g/mol. The predicted molar refractivity (Wildman–Crippen MR) is 96.9 cm³/mol. The molecule has 5 nitrogen and oxygen atoms in total. The van der Waals surface area contributed by atoms with Crippen LogP contribution in [0.15, 0.2) is 40.3 Å². The van der Waals surface area contributed by atoms with Crippen LogP contribution in [0.25, 0.3) is 0 Å². The highest BCUT2D eigenvalue weighted by atomic mass is 32.2. The molecule has 1 N–H and O–H groups in total. The number of aromatic nitrogens is 2. The molecule has 2 rings (SSSR count). The van der Waals surface area contributed by atoms with Crippen LogP contribution in [-0.4, -0.2) is 29.4 Å². The number of aromatic amines is 1. The number of hydrogen-bond acceptors (Lipinski definition) is 5. The first kappa shape index (κ1) is 18.5. The lowest BCUT2D eigenvalue weighted by molar-refractivity contribution is 0.180. The number of rotatable bonds is 7. The Hall–Kier alpha value is -1.79. The minimum atomic E-state index is -0.168. The third kappa shape index (κ3) is 5.69. The number of nitrogens with one attached hydrogen (secondary N) is 1. The molecule has 1 aromatic carbocycles. The van der Waals surface area contributed by atoms with Gasteiger partial charge in [-0.2, -0.15) is 0 Å². The van der Waals surface area contributed by atoms with E-state index in [-0.39, 0.29) is 11.0 Å². The second kappa shape index (κ2) is 8.35. The topological polar surface area (TPSA) is 64.2 Å². The molecule has 2 aromatic rings. The summed E-state index contributed by atoms with van der Waals surface area (Å²) in [5, 5.41) is 0.584. The molecular formula is C18H24N2O3S. The van der Waals surface area contributed by atoms with E-state index in [4.69, 9.17) is 9.47 Å². The fourth-order valence-corrected chi connectivity index (χ4v) is 2.84. The van der Waals surface area contributed by atoms with Crippen LogP contribution in [0.3, 0.4) is 0 Å². The lowest BCUT2D eigenvalue weighted by atomic mass is 9.87. The molecule has 0 saturated carbocycles. The fraction of sp³-hybridized carbons (Fsp3) is 0.444. The van der Waals surface area contributed by atoms with Crippen LogP contribution in [0.5, 0.6) is 5.75 Å². The molecule has 24 heavy (non-hydrogen) atoms. The van der Waals surface area contributed by atoms with E-state index in [0.29, 0.717) is 29.8 Å². The number of ether oxygens (including phenoxy) is 2. The Morgan fingerprint density at radius 3 is 2.54 bits per heavy atom. The lowest BCUT2D eigenvalue weighted by Gasteiger charge is -2.19. The van der Waals surface area contributed by atoms with Crippen molar-refractivity contribution in [3.8, 4) is 5.75 Å². The Bertz CT molecular complexity index is 705. The molecule has 0 aliphatic carbocycles. The molecule has 1 heterocycles. The molecule has 6 heteroatoms. The van der Waals surface area contributed by atoms with Crippen LogP contribution in [-0.2, 0) is 16.8 Å². The minimum absolute atomic E-state index is 0.138. The Morgan fingerprint density at radius 1 is 1.21 bits per heavy atom. The molecule has 1 aromatic heterocycles. The van der Waals surface area contributed by atoms with Crippen LogP contribution < -0.4 is 10.3 Å². The number of hydrogen-bond donors (Lipinski definition) is 1.